The number of para-hydroxylation sites is 2. The summed E-state index contributed by atoms with van der Waals surface area (Å²) in [5.74, 6) is 2.93. The van der Waals surface area contributed by atoms with Crippen molar-refractivity contribution in [1.29, 1.82) is 0 Å². The second-order valence-corrected chi connectivity index (χ2v) is 9.67. The van der Waals surface area contributed by atoms with E-state index in [2.05, 4.69) is 9.97 Å². The van der Waals surface area contributed by atoms with Crippen LogP contribution in [-0.2, 0) is 9.47 Å². The number of rotatable bonds is 15. The third-order valence-electron chi connectivity index (χ3n) is 6.48. The van der Waals surface area contributed by atoms with Gasteiger partial charge in [-0.1, -0.05) is 36.4 Å². The average molecular weight is 555 g/mol. The first-order valence-electron chi connectivity index (χ1n) is 13.6. The Morgan fingerprint density at radius 1 is 0.585 bits per heavy atom. The number of benzene rings is 3. The van der Waals surface area contributed by atoms with E-state index in [1.807, 2.05) is 91.9 Å². The molecule has 212 valence electrons. The first-order valence-corrected chi connectivity index (χ1v) is 13.6. The Labute approximate surface area is 239 Å². The van der Waals surface area contributed by atoms with Gasteiger partial charge in [0.2, 0.25) is 0 Å². The minimum atomic E-state index is -0.735. The van der Waals surface area contributed by atoms with Crippen molar-refractivity contribution in [3.05, 3.63) is 97.3 Å². The lowest BCUT2D eigenvalue weighted by Crippen LogP contribution is -2.42. The van der Waals surface area contributed by atoms with Crippen molar-refractivity contribution in [2.75, 3.05) is 46.8 Å². The van der Waals surface area contributed by atoms with Gasteiger partial charge in [0.15, 0.2) is 0 Å². The minimum absolute atomic E-state index is 0.281. The molecule has 0 radical (unpaired) electrons. The van der Waals surface area contributed by atoms with Gasteiger partial charge in [0.05, 0.1) is 26.9 Å². The van der Waals surface area contributed by atoms with Crippen LogP contribution in [0, 0.1) is 0 Å². The summed E-state index contributed by atoms with van der Waals surface area (Å²) < 4.78 is 35.6. The van der Waals surface area contributed by atoms with Crippen LogP contribution in [0.25, 0.3) is 21.8 Å². The van der Waals surface area contributed by atoms with Gasteiger partial charge in [-0.15, -0.1) is 0 Å². The molecule has 5 rings (SSSR count). The van der Waals surface area contributed by atoms with Crippen molar-refractivity contribution in [2.45, 2.75) is 12.5 Å². The summed E-state index contributed by atoms with van der Waals surface area (Å²) in [6, 6.07) is 27.0. The van der Waals surface area contributed by atoms with Crippen LogP contribution in [0.15, 0.2) is 97.3 Å². The normalized spacial score (nSPS) is 12.6. The van der Waals surface area contributed by atoms with Gasteiger partial charge >= 0.3 is 0 Å². The van der Waals surface area contributed by atoms with Crippen LogP contribution in [0.5, 0.6) is 23.0 Å². The highest BCUT2D eigenvalue weighted by molar-refractivity contribution is 5.84. The Morgan fingerprint density at radius 2 is 1.15 bits per heavy atom. The SMILES string of the molecule is COc1ccc(OCC(C)(COCCOc2cccc3cccnc23)OCCOc2cccc3cccnc23)cc1. The molecule has 2 aromatic heterocycles. The van der Waals surface area contributed by atoms with Gasteiger partial charge in [0, 0.05) is 23.2 Å². The van der Waals surface area contributed by atoms with E-state index in [0.29, 0.717) is 38.8 Å². The van der Waals surface area contributed by atoms with Crippen LogP contribution in [0.1, 0.15) is 6.92 Å². The van der Waals surface area contributed by atoms with Crippen LogP contribution in [0.2, 0.25) is 0 Å². The molecule has 3 aromatic carbocycles. The Bertz CT molecular complexity index is 1530. The largest absolute Gasteiger partial charge is 0.497 e. The first kappa shape index (κ1) is 28.1. The van der Waals surface area contributed by atoms with Crippen LogP contribution < -0.4 is 18.9 Å². The van der Waals surface area contributed by atoms with E-state index in [0.717, 1.165) is 39.1 Å². The maximum atomic E-state index is 6.28. The Balaban J connectivity index is 1.15. The average Bonchev–Trinajstić information content (AvgIpc) is 3.02. The molecule has 0 saturated carbocycles. The van der Waals surface area contributed by atoms with Gasteiger partial charge < -0.3 is 28.4 Å². The van der Waals surface area contributed by atoms with Gasteiger partial charge in [-0.05, 0) is 55.5 Å². The third-order valence-corrected chi connectivity index (χ3v) is 6.48. The molecule has 1 unspecified atom stereocenters. The van der Waals surface area contributed by atoms with Crippen molar-refractivity contribution in [3.63, 3.8) is 0 Å². The number of nitrogens with zero attached hydrogens (tertiary/aromatic N) is 2. The van der Waals surface area contributed by atoms with Crippen molar-refractivity contribution >= 4 is 21.8 Å². The second kappa shape index (κ2) is 13.8. The smallest absolute Gasteiger partial charge is 0.145 e. The summed E-state index contributed by atoms with van der Waals surface area (Å²) in [6.07, 6.45) is 3.52. The van der Waals surface area contributed by atoms with E-state index in [1.165, 1.54) is 0 Å². The van der Waals surface area contributed by atoms with E-state index in [-0.39, 0.29) is 6.61 Å². The molecular weight excluding hydrogens is 520 g/mol. The molecule has 0 amide bonds. The quantitative estimate of drug-likeness (QED) is 0.143. The number of methoxy groups -OCH3 is 1. The maximum absolute atomic E-state index is 6.28. The molecule has 0 bridgehead atoms. The van der Waals surface area contributed by atoms with Gasteiger partial charge in [-0.25, -0.2) is 0 Å². The zero-order valence-electron chi connectivity index (χ0n) is 23.3. The Kier molecular flexibility index (Phi) is 9.46. The monoisotopic (exact) mass is 554 g/mol. The van der Waals surface area contributed by atoms with Crippen molar-refractivity contribution in [2.24, 2.45) is 0 Å². The van der Waals surface area contributed by atoms with Crippen LogP contribution >= 0.6 is 0 Å². The molecular formula is C33H34N2O6. The topological polar surface area (TPSA) is 81.2 Å². The molecule has 8 heteroatoms. The zero-order valence-corrected chi connectivity index (χ0v) is 23.3. The maximum Gasteiger partial charge on any atom is 0.145 e. The van der Waals surface area contributed by atoms with Crippen LogP contribution in [-0.4, -0.2) is 62.3 Å². The molecule has 41 heavy (non-hydrogen) atoms. The first-order chi connectivity index (χ1) is 20.1. The molecule has 0 aliphatic heterocycles. The number of hydrogen-bond donors (Lipinski definition) is 0. The van der Waals surface area contributed by atoms with Crippen LogP contribution in [0.4, 0.5) is 0 Å². The number of ether oxygens (including phenoxy) is 6. The number of aromatic nitrogens is 2. The molecule has 1 atom stereocenters. The summed E-state index contributed by atoms with van der Waals surface area (Å²) >= 11 is 0. The van der Waals surface area contributed by atoms with E-state index in [1.54, 1.807) is 19.5 Å². The fourth-order valence-corrected chi connectivity index (χ4v) is 4.36. The summed E-state index contributed by atoms with van der Waals surface area (Å²) in [6.45, 7) is 3.99. The van der Waals surface area contributed by atoms with Gasteiger partial charge in [-0.3, -0.25) is 9.97 Å². The predicted octanol–water partition coefficient (Wildman–Crippen LogP) is 6.12. The molecule has 0 spiro atoms. The molecule has 5 aromatic rings. The third kappa shape index (κ3) is 7.63. The van der Waals surface area contributed by atoms with Crippen molar-refractivity contribution < 1.29 is 28.4 Å². The number of pyridine rings is 2. The zero-order chi connectivity index (χ0) is 28.3. The molecule has 0 saturated heterocycles. The van der Waals surface area contributed by atoms with E-state index >= 15 is 0 Å². The highest BCUT2D eigenvalue weighted by Crippen LogP contribution is 2.25. The van der Waals surface area contributed by atoms with Crippen molar-refractivity contribution in [1.82, 2.24) is 9.97 Å². The highest BCUT2D eigenvalue weighted by atomic mass is 16.6. The van der Waals surface area contributed by atoms with Crippen LogP contribution in [0.3, 0.4) is 0 Å². The van der Waals surface area contributed by atoms with E-state index in [9.17, 15) is 0 Å². The van der Waals surface area contributed by atoms with Gasteiger partial charge in [-0.2, -0.15) is 0 Å². The molecule has 2 heterocycles. The molecule has 8 nitrogen and oxygen atoms in total. The molecule has 0 aliphatic carbocycles. The predicted molar refractivity (Wildman–Crippen MR) is 158 cm³/mol. The summed E-state index contributed by atoms with van der Waals surface area (Å²) in [5.41, 5.74) is 0.921. The Hall–Kier alpha value is -4.40. The lowest BCUT2D eigenvalue weighted by atomic mass is 10.1. The molecule has 0 N–H and O–H groups in total. The number of hydrogen-bond acceptors (Lipinski definition) is 8. The number of fused-ring (bicyclic) bond motifs is 2. The minimum Gasteiger partial charge on any atom is -0.497 e. The standard InChI is InChI=1S/C33H34N2O6/c1-33(24-40-28-15-13-27(36-2)14-16-28,41-22-21-39-30-12-4-8-26-10-6-18-35-32(26)30)23-37-19-20-38-29-11-3-7-25-9-5-17-34-31(25)29/h3-18H,19-24H2,1-2H3. The summed E-state index contributed by atoms with van der Waals surface area (Å²) in [5, 5.41) is 2.06. The van der Waals surface area contributed by atoms with Gasteiger partial charge in [0.25, 0.3) is 0 Å². The summed E-state index contributed by atoms with van der Waals surface area (Å²) in [4.78, 5) is 8.89. The highest BCUT2D eigenvalue weighted by Gasteiger charge is 2.27. The molecule has 0 fully saturated rings. The lowest BCUT2D eigenvalue weighted by molar-refractivity contribution is -0.113. The fraction of sp³-hybridized carbons (Fsp3) is 0.273. The van der Waals surface area contributed by atoms with E-state index < -0.39 is 5.60 Å². The van der Waals surface area contributed by atoms with E-state index in [4.69, 9.17) is 28.4 Å². The fourth-order valence-electron chi connectivity index (χ4n) is 4.36. The lowest BCUT2D eigenvalue weighted by Gasteiger charge is -2.30. The molecule has 0 aliphatic rings. The second-order valence-electron chi connectivity index (χ2n) is 9.67. The van der Waals surface area contributed by atoms with Crippen molar-refractivity contribution in [3.8, 4) is 23.0 Å². The summed E-state index contributed by atoms with van der Waals surface area (Å²) in [7, 11) is 1.63. The Morgan fingerprint density at radius 3 is 1.76 bits per heavy atom. The van der Waals surface area contributed by atoms with Gasteiger partial charge in [0.1, 0.15) is 59.5 Å².